The number of pyridine rings is 1. The lowest BCUT2D eigenvalue weighted by Crippen LogP contribution is -2.27. The van der Waals surface area contributed by atoms with Crippen LogP contribution in [-0.4, -0.2) is 51.1 Å². The van der Waals surface area contributed by atoms with Gasteiger partial charge in [0.25, 0.3) is 5.91 Å². The number of nitrogens with zero attached hydrogens (tertiary/aromatic N) is 3. The minimum absolute atomic E-state index is 0.125. The van der Waals surface area contributed by atoms with Crippen molar-refractivity contribution in [2.24, 2.45) is 5.10 Å². The highest BCUT2D eigenvalue weighted by molar-refractivity contribution is 5.98. The molecule has 2 heterocycles. The quantitative estimate of drug-likeness (QED) is 0.379. The first-order valence-corrected chi connectivity index (χ1v) is 11.7. The van der Waals surface area contributed by atoms with Crippen LogP contribution in [0.1, 0.15) is 35.7 Å². The lowest BCUT2D eigenvalue weighted by molar-refractivity contribution is 0.0953. The maximum atomic E-state index is 14.9. The van der Waals surface area contributed by atoms with E-state index in [1.54, 1.807) is 22.8 Å². The van der Waals surface area contributed by atoms with Gasteiger partial charge in [-0.15, -0.1) is 0 Å². The molecule has 4 rings (SSSR count). The minimum atomic E-state index is -0.697. The summed E-state index contributed by atoms with van der Waals surface area (Å²) in [6.07, 6.45) is 4.89. The van der Waals surface area contributed by atoms with Crippen LogP contribution >= 0.6 is 0 Å². The van der Waals surface area contributed by atoms with Crippen molar-refractivity contribution in [1.82, 2.24) is 9.99 Å². The monoisotopic (exact) mass is 496 g/mol. The van der Waals surface area contributed by atoms with E-state index < -0.39 is 17.2 Å². The zero-order valence-electron chi connectivity index (χ0n) is 20.8. The number of halogens is 1. The first kappa shape index (κ1) is 25.0. The van der Waals surface area contributed by atoms with Gasteiger partial charge in [0.15, 0.2) is 11.5 Å². The van der Waals surface area contributed by atoms with E-state index >= 15 is 0 Å². The summed E-state index contributed by atoms with van der Waals surface area (Å²) in [5, 5.41) is 4.13. The minimum Gasteiger partial charge on any atom is -0.493 e. The van der Waals surface area contributed by atoms with Gasteiger partial charge in [0, 0.05) is 36.8 Å². The molecule has 1 aliphatic heterocycles. The van der Waals surface area contributed by atoms with Crippen molar-refractivity contribution < 1.29 is 23.4 Å². The number of hydrogen-bond acceptors (Lipinski definition) is 7. The fourth-order valence-corrected chi connectivity index (χ4v) is 4.42. The van der Waals surface area contributed by atoms with Gasteiger partial charge >= 0.3 is 0 Å². The Morgan fingerprint density at radius 3 is 2.33 bits per heavy atom. The molecule has 1 fully saturated rings. The molecule has 1 aliphatic rings. The van der Waals surface area contributed by atoms with Crippen LogP contribution in [0.25, 0.3) is 10.9 Å². The molecule has 0 unspecified atom stereocenters. The highest BCUT2D eigenvalue weighted by Crippen LogP contribution is 2.37. The highest BCUT2D eigenvalue weighted by Gasteiger charge is 2.21. The number of benzene rings is 2. The molecule has 3 aromatic rings. The van der Waals surface area contributed by atoms with E-state index in [1.807, 2.05) is 11.8 Å². The van der Waals surface area contributed by atoms with E-state index in [1.165, 1.54) is 39.8 Å². The lowest BCUT2D eigenvalue weighted by atomic mass is 10.1. The SMILES string of the molecule is CCn1cc(C(=O)N/N=C/c2cc(OC)c(OC)c(OC)c2)c(=O)c2cc(F)c(N3CCCC3)cc21. The van der Waals surface area contributed by atoms with E-state index in [0.717, 1.165) is 25.9 Å². The molecule has 1 N–H and O–H groups in total. The number of amides is 1. The number of carbonyl (C=O) groups is 1. The third-order valence-corrected chi connectivity index (χ3v) is 6.25. The summed E-state index contributed by atoms with van der Waals surface area (Å²) < 4.78 is 32.6. The number of hydrazone groups is 1. The third kappa shape index (κ3) is 4.71. The van der Waals surface area contributed by atoms with Crippen LogP contribution in [0.4, 0.5) is 10.1 Å². The van der Waals surface area contributed by atoms with Crippen LogP contribution in [-0.2, 0) is 6.54 Å². The number of carbonyl (C=O) groups excluding carboxylic acids is 1. The van der Waals surface area contributed by atoms with E-state index in [0.29, 0.717) is 40.6 Å². The molecule has 1 amide bonds. The summed E-state index contributed by atoms with van der Waals surface area (Å²) in [4.78, 5) is 28.0. The lowest BCUT2D eigenvalue weighted by Gasteiger charge is -2.20. The number of methoxy groups -OCH3 is 3. The van der Waals surface area contributed by atoms with Crippen LogP contribution in [0.5, 0.6) is 17.2 Å². The van der Waals surface area contributed by atoms with E-state index in [2.05, 4.69) is 10.5 Å². The van der Waals surface area contributed by atoms with Crippen molar-refractivity contribution in [3.8, 4) is 17.2 Å². The summed E-state index contributed by atoms with van der Waals surface area (Å²) in [7, 11) is 4.49. The Bertz CT molecular complexity index is 1350. The van der Waals surface area contributed by atoms with E-state index in [-0.39, 0.29) is 10.9 Å². The van der Waals surface area contributed by atoms with Gasteiger partial charge in [-0.3, -0.25) is 9.59 Å². The van der Waals surface area contributed by atoms with E-state index in [4.69, 9.17) is 14.2 Å². The molecule has 1 saturated heterocycles. The van der Waals surface area contributed by atoms with Gasteiger partial charge in [-0.05, 0) is 44.0 Å². The van der Waals surface area contributed by atoms with Crippen LogP contribution in [0.2, 0.25) is 0 Å². The Hall–Kier alpha value is -4.08. The summed E-state index contributed by atoms with van der Waals surface area (Å²) in [6, 6.07) is 6.26. The standard InChI is InChI=1S/C26H29FN4O5/c1-5-30-15-18(24(32)17-12-19(27)21(13-20(17)30)31-8-6-7-9-31)26(33)29-28-14-16-10-22(34-2)25(36-4)23(11-16)35-3/h10-15H,5-9H2,1-4H3,(H,29,33)/b28-14+. The fraction of sp³-hybridized carbons (Fsp3) is 0.346. The zero-order valence-corrected chi connectivity index (χ0v) is 20.8. The molecule has 0 bridgehead atoms. The van der Waals surface area contributed by atoms with Crippen LogP contribution in [0.3, 0.4) is 0 Å². The number of anilines is 1. The molecular weight excluding hydrogens is 467 g/mol. The maximum absolute atomic E-state index is 14.9. The summed E-state index contributed by atoms with van der Waals surface area (Å²) in [6.45, 7) is 3.95. The Balaban J connectivity index is 1.64. The average Bonchev–Trinajstić information content (AvgIpc) is 3.43. The highest BCUT2D eigenvalue weighted by atomic mass is 19.1. The number of rotatable bonds is 8. The first-order chi connectivity index (χ1) is 17.4. The molecule has 0 saturated carbocycles. The molecule has 2 aromatic carbocycles. The van der Waals surface area contributed by atoms with Gasteiger partial charge in [0.05, 0.1) is 38.7 Å². The smallest absolute Gasteiger partial charge is 0.276 e. The summed E-state index contributed by atoms with van der Waals surface area (Å²) in [5.41, 5.74) is 3.34. The summed E-state index contributed by atoms with van der Waals surface area (Å²) >= 11 is 0. The molecule has 9 nitrogen and oxygen atoms in total. The van der Waals surface area contributed by atoms with Gasteiger partial charge in [0.2, 0.25) is 11.2 Å². The molecule has 0 atom stereocenters. The van der Waals surface area contributed by atoms with E-state index in [9.17, 15) is 14.0 Å². The first-order valence-electron chi connectivity index (χ1n) is 11.7. The molecule has 0 aliphatic carbocycles. The van der Waals surface area contributed by atoms with Gasteiger partial charge in [0.1, 0.15) is 11.4 Å². The Morgan fingerprint density at radius 1 is 1.08 bits per heavy atom. The van der Waals surface area contributed by atoms with Gasteiger partial charge < -0.3 is 23.7 Å². The molecule has 0 spiro atoms. The Kier molecular flexibility index (Phi) is 7.42. The topological polar surface area (TPSA) is 94.4 Å². The third-order valence-electron chi connectivity index (χ3n) is 6.25. The number of nitrogens with one attached hydrogen (secondary N) is 1. The molecule has 190 valence electrons. The second-order valence-corrected chi connectivity index (χ2v) is 8.33. The molecule has 0 radical (unpaired) electrons. The largest absolute Gasteiger partial charge is 0.493 e. The number of ether oxygens (including phenoxy) is 3. The number of aromatic nitrogens is 1. The zero-order chi connectivity index (χ0) is 25.8. The van der Waals surface area contributed by atoms with Crippen molar-refractivity contribution in [3.05, 3.63) is 57.6 Å². The second kappa shape index (κ2) is 10.7. The Labute approximate surface area is 208 Å². The molecule has 36 heavy (non-hydrogen) atoms. The number of hydrogen-bond donors (Lipinski definition) is 1. The van der Waals surface area contributed by atoms with Crippen molar-refractivity contribution in [3.63, 3.8) is 0 Å². The second-order valence-electron chi connectivity index (χ2n) is 8.33. The van der Waals surface area contributed by atoms with Crippen molar-refractivity contribution in [2.45, 2.75) is 26.3 Å². The summed E-state index contributed by atoms with van der Waals surface area (Å²) in [5.74, 6) is 0.122. The number of fused-ring (bicyclic) bond motifs is 1. The van der Waals surface area contributed by atoms with Crippen LogP contribution < -0.4 is 30.0 Å². The van der Waals surface area contributed by atoms with Crippen LogP contribution in [0.15, 0.2) is 40.4 Å². The van der Waals surface area contributed by atoms with Crippen molar-refractivity contribution in [2.75, 3.05) is 39.3 Å². The normalized spacial score (nSPS) is 13.4. The average molecular weight is 497 g/mol. The molecular formula is C26H29FN4O5. The maximum Gasteiger partial charge on any atom is 0.276 e. The predicted molar refractivity (Wildman–Crippen MR) is 136 cm³/mol. The fourth-order valence-electron chi connectivity index (χ4n) is 4.42. The van der Waals surface area contributed by atoms with Crippen molar-refractivity contribution in [1.29, 1.82) is 0 Å². The molecule has 10 heteroatoms. The van der Waals surface area contributed by atoms with Gasteiger partial charge in [-0.2, -0.15) is 5.10 Å². The predicted octanol–water partition coefficient (Wildman–Crippen LogP) is 3.55. The Morgan fingerprint density at radius 2 is 1.75 bits per heavy atom. The number of aryl methyl sites for hydroxylation is 1. The van der Waals surface area contributed by atoms with Gasteiger partial charge in [-0.1, -0.05) is 0 Å². The van der Waals surface area contributed by atoms with Gasteiger partial charge in [-0.25, -0.2) is 9.82 Å². The molecule has 1 aromatic heterocycles. The van der Waals surface area contributed by atoms with Crippen molar-refractivity contribution >= 4 is 28.7 Å². The van der Waals surface area contributed by atoms with Crippen LogP contribution in [0, 0.1) is 5.82 Å².